The molecule has 5 heteroatoms. The fraction of sp³-hybridized carbons (Fsp3) is 0.238. The second-order valence-corrected chi connectivity index (χ2v) is 7.71. The molecule has 1 aromatic heterocycles. The number of anilines is 1. The van der Waals surface area contributed by atoms with E-state index in [0.29, 0.717) is 23.1 Å². The lowest BCUT2D eigenvalue weighted by Gasteiger charge is -2.12. The van der Waals surface area contributed by atoms with Crippen molar-refractivity contribution in [3.8, 4) is 11.3 Å². The van der Waals surface area contributed by atoms with Gasteiger partial charge in [0.25, 0.3) is 5.91 Å². The van der Waals surface area contributed by atoms with E-state index in [0.717, 1.165) is 21.1 Å². The Bertz CT molecular complexity index is 914. The Hall–Kier alpha value is -2.15. The zero-order valence-electron chi connectivity index (χ0n) is 15.0. The predicted molar refractivity (Wildman–Crippen MR) is 113 cm³/mol. The normalized spacial score (nSPS) is 11.0. The molecule has 3 aromatic rings. The quantitative estimate of drug-likeness (QED) is 0.484. The Labute approximate surface area is 167 Å². The van der Waals surface area contributed by atoms with E-state index in [4.69, 9.17) is 4.52 Å². The summed E-state index contributed by atoms with van der Waals surface area (Å²) < 4.78 is 6.52. The molecule has 4 nitrogen and oxygen atoms in total. The van der Waals surface area contributed by atoms with Crippen molar-refractivity contribution in [1.29, 1.82) is 0 Å². The first-order chi connectivity index (χ1) is 12.5. The third-order valence-corrected chi connectivity index (χ3v) is 5.02. The maximum Gasteiger partial charge on any atom is 0.257 e. The molecule has 3 rings (SSSR count). The number of nitrogens with one attached hydrogen (secondary N) is 1. The van der Waals surface area contributed by atoms with E-state index in [1.807, 2.05) is 36.4 Å². The second kappa shape index (κ2) is 8.03. The van der Waals surface area contributed by atoms with Crippen LogP contribution < -0.4 is 5.32 Å². The number of hydrogen-bond acceptors (Lipinski definition) is 3. The smallest absolute Gasteiger partial charge is 0.257 e. The number of aryl methyl sites for hydroxylation is 1. The van der Waals surface area contributed by atoms with Crippen LogP contribution in [0, 0.1) is 3.57 Å². The number of halogens is 1. The molecular weight excluding hydrogens is 439 g/mol. The molecule has 134 valence electrons. The molecule has 1 amide bonds. The number of carbonyl (C=O) groups excluding carboxylic acids is 1. The van der Waals surface area contributed by atoms with Crippen LogP contribution in [0.2, 0.25) is 0 Å². The van der Waals surface area contributed by atoms with Crippen molar-refractivity contribution >= 4 is 34.3 Å². The fourth-order valence-electron chi connectivity index (χ4n) is 2.75. The Morgan fingerprint density at radius 2 is 1.88 bits per heavy atom. The van der Waals surface area contributed by atoms with Crippen molar-refractivity contribution in [2.24, 2.45) is 0 Å². The minimum atomic E-state index is -0.167. The second-order valence-electron chi connectivity index (χ2n) is 6.46. The summed E-state index contributed by atoms with van der Waals surface area (Å²) in [5.41, 5.74) is 3.88. The standard InChI is InChI=1S/C21H21IN2O2/c1-4-14-11-16(13(2)3)7-10-18(14)21(25)23-20-12-19(26-24-20)15-5-8-17(22)9-6-15/h5-13H,4H2,1-3H3,(H,23,24,25). The summed E-state index contributed by atoms with van der Waals surface area (Å²) in [7, 11) is 0. The number of nitrogens with zero attached hydrogens (tertiary/aromatic N) is 1. The maximum atomic E-state index is 12.7. The molecule has 0 fully saturated rings. The monoisotopic (exact) mass is 460 g/mol. The first-order valence-corrected chi connectivity index (χ1v) is 9.72. The van der Waals surface area contributed by atoms with Gasteiger partial charge in [-0.1, -0.05) is 50.2 Å². The number of rotatable bonds is 5. The van der Waals surface area contributed by atoms with E-state index in [9.17, 15) is 4.79 Å². The fourth-order valence-corrected chi connectivity index (χ4v) is 3.11. The van der Waals surface area contributed by atoms with Crippen LogP contribution in [0.3, 0.4) is 0 Å². The number of amides is 1. The summed E-state index contributed by atoms with van der Waals surface area (Å²) in [5, 5.41) is 6.81. The van der Waals surface area contributed by atoms with E-state index >= 15 is 0 Å². The first kappa shape index (κ1) is 18.6. The van der Waals surface area contributed by atoms with Gasteiger partial charge in [-0.15, -0.1) is 0 Å². The minimum Gasteiger partial charge on any atom is -0.354 e. The topological polar surface area (TPSA) is 55.1 Å². The van der Waals surface area contributed by atoms with Gasteiger partial charge in [0.2, 0.25) is 0 Å². The third kappa shape index (κ3) is 4.15. The van der Waals surface area contributed by atoms with Crippen LogP contribution in [0.15, 0.2) is 53.1 Å². The first-order valence-electron chi connectivity index (χ1n) is 8.64. The maximum absolute atomic E-state index is 12.7. The molecule has 0 unspecified atom stereocenters. The number of aromatic nitrogens is 1. The molecule has 0 radical (unpaired) electrons. The van der Waals surface area contributed by atoms with E-state index in [2.05, 4.69) is 59.9 Å². The highest BCUT2D eigenvalue weighted by molar-refractivity contribution is 14.1. The lowest BCUT2D eigenvalue weighted by Crippen LogP contribution is -2.14. The molecule has 2 aromatic carbocycles. The van der Waals surface area contributed by atoms with Crippen LogP contribution in [-0.2, 0) is 6.42 Å². The van der Waals surface area contributed by atoms with Gasteiger partial charge in [0.05, 0.1) is 0 Å². The molecule has 26 heavy (non-hydrogen) atoms. The van der Waals surface area contributed by atoms with Gasteiger partial charge in [-0.25, -0.2) is 0 Å². The van der Waals surface area contributed by atoms with Crippen molar-refractivity contribution < 1.29 is 9.32 Å². The Kier molecular flexibility index (Phi) is 5.76. The lowest BCUT2D eigenvalue weighted by molar-refractivity contribution is 0.102. The van der Waals surface area contributed by atoms with Crippen LogP contribution in [0.25, 0.3) is 11.3 Å². The molecule has 0 saturated heterocycles. The third-order valence-electron chi connectivity index (χ3n) is 4.30. The lowest BCUT2D eigenvalue weighted by atomic mass is 9.96. The largest absolute Gasteiger partial charge is 0.354 e. The summed E-state index contributed by atoms with van der Waals surface area (Å²) in [4.78, 5) is 12.7. The molecule has 0 aliphatic heterocycles. The number of carbonyl (C=O) groups is 1. The predicted octanol–water partition coefficient (Wildman–Crippen LogP) is 5.88. The van der Waals surface area contributed by atoms with Gasteiger partial charge >= 0.3 is 0 Å². The Balaban J connectivity index is 1.79. The van der Waals surface area contributed by atoms with Gasteiger partial charge in [-0.05, 0) is 64.3 Å². The van der Waals surface area contributed by atoms with Crippen LogP contribution >= 0.6 is 22.6 Å². The van der Waals surface area contributed by atoms with Crippen molar-refractivity contribution in [2.45, 2.75) is 33.1 Å². The van der Waals surface area contributed by atoms with Crippen molar-refractivity contribution in [3.05, 3.63) is 68.8 Å². The van der Waals surface area contributed by atoms with Gasteiger partial charge in [0, 0.05) is 20.8 Å². The summed E-state index contributed by atoms with van der Waals surface area (Å²) in [6.45, 7) is 6.35. The number of hydrogen-bond donors (Lipinski definition) is 1. The van der Waals surface area contributed by atoms with Gasteiger partial charge < -0.3 is 9.84 Å². The summed E-state index contributed by atoms with van der Waals surface area (Å²) >= 11 is 2.25. The molecule has 1 N–H and O–H groups in total. The molecule has 0 aliphatic rings. The average molecular weight is 460 g/mol. The molecule has 0 atom stereocenters. The van der Waals surface area contributed by atoms with Gasteiger partial charge in [0.1, 0.15) is 0 Å². The Morgan fingerprint density at radius 1 is 1.15 bits per heavy atom. The highest BCUT2D eigenvalue weighted by Crippen LogP contribution is 2.24. The Morgan fingerprint density at radius 3 is 2.54 bits per heavy atom. The zero-order chi connectivity index (χ0) is 18.7. The highest BCUT2D eigenvalue weighted by Gasteiger charge is 2.15. The molecule has 0 saturated carbocycles. The molecule has 0 aliphatic carbocycles. The van der Waals surface area contributed by atoms with Crippen molar-refractivity contribution in [1.82, 2.24) is 5.16 Å². The molecule has 0 bridgehead atoms. The van der Waals surface area contributed by atoms with Crippen LogP contribution in [-0.4, -0.2) is 11.1 Å². The zero-order valence-corrected chi connectivity index (χ0v) is 17.2. The van der Waals surface area contributed by atoms with Crippen molar-refractivity contribution in [3.63, 3.8) is 0 Å². The molecular formula is C21H21IN2O2. The number of benzene rings is 2. The van der Waals surface area contributed by atoms with Gasteiger partial charge in [-0.2, -0.15) is 0 Å². The average Bonchev–Trinajstić information content (AvgIpc) is 3.10. The summed E-state index contributed by atoms with van der Waals surface area (Å²) in [6, 6.07) is 15.7. The minimum absolute atomic E-state index is 0.167. The van der Waals surface area contributed by atoms with E-state index in [-0.39, 0.29) is 5.91 Å². The van der Waals surface area contributed by atoms with Crippen LogP contribution in [0.5, 0.6) is 0 Å². The van der Waals surface area contributed by atoms with Gasteiger partial charge in [-0.3, -0.25) is 4.79 Å². The SMILES string of the molecule is CCc1cc(C(C)C)ccc1C(=O)Nc1cc(-c2ccc(I)cc2)on1. The van der Waals surface area contributed by atoms with Crippen molar-refractivity contribution in [2.75, 3.05) is 5.32 Å². The highest BCUT2D eigenvalue weighted by atomic mass is 127. The van der Waals surface area contributed by atoms with E-state index < -0.39 is 0 Å². The molecule has 0 spiro atoms. The molecule has 1 heterocycles. The summed E-state index contributed by atoms with van der Waals surface area (Å²) in [6.07, 6.45) is 0.802. The van der Waals surface area contributed by atoms with Gasteiger partial charge in [0.15, 0.2) is 11.6 Å². The van der Waals surface area contributed by atoms with Crippen LogP contribution in [0.1, 0.15) is 48.2 Å². The van der Waals surface area contributed by atoms with E-state index in [1.54, 1.807) is 6.07 Å². The van der Waals surface area contributed by atoms with Crippen LogP contribution in [0.4, 0.5) is 5.82 Å². The van der Waals surface area contributed by atoms with E-state index in [1.165, 1.54) is 5.56 Å². The summed E-state index contributed by atoms with van der Waals surface area (Å²) in [5.74, 6) is 1.31.